The third-order valence-electron chi connectivity index (χ3n) is 4.45. The summed E-state index contributed by atoms with van der Waals surface area (Å²) in [4.78, 5) is 19.1. The molecule has 4 rings (SSSR count). The van der Waals surface area contributed by atoms with Gasteiger partial charge in [0.2, 0.25) is 0 Å². The van der Waals surface area contributed by atoms with E-state index in [4.69, 9.17) is 4.74 Å². The van der Waals surface area contributed by atoms with Crippen LogP contribution in [0.1, 0.15) is 18.4 Å². The van der Waals surface area contributed by atoms with Gasteiger partial charge in [0.15, 0.2) is 0 Å². The standard InChI is InChI=1S/C18H19N5O2S/c1-25-15-7-4-6-14-12(15)5-2-3-9-23(14)18(24)21-13-11-20-22-16(13)17-19-8-10-26-17/h4,6-8,10-11H,2-3,5,9H2,1H3,(H,20,22)(H,21,24). The van der Waals surface area contributed by atoms with E-state index in [9.17, 15) is 4.79 Å². The van der Waals surface area contributed by atoms with Crippen LogP contribution in [0.25, 0.3) is 10.7 Å². The van der Waals surface area contributed by atoms with E-state index in [0.29, 0.717) is 17.9 Å². The lowest BCUT2D eigenvalue weighted by atomic mass is 10.1. The Labute approximate surface area is 155 Å². The number of thiazole rings is 1. The van der Waals surface area contributed by atoms with Crippen molar-refractivity contribution in [3.63, 3.8) is 0 Å². The van der Waals surface area contributed by atoms with Crippen LogP contribution in [0.15, 0.2) is 36.0 Å². The molecule has 0 atom stereocenters. The lowest BCUT2D eigenvalue weighted by Crippen LogP contribution is -2.35. The summed E-state index contributed by atoms with van der Waals surface area (Å²) in [6, 6.07) is 5.65. The Morgan fingerprint density at radius 2 is 2.31 bits per heavy atom. The van der Waals surface area contributed by atoms with Gasteiger partial charge >= 0.3 is 6.03 Å². The topological polar surface area (TPSA) is 83.1 Å². The number of rotatable bonds is 3. The number of carbonyl (C=O) groups excluding carboxylic acids is 1. The molecular formula is C18H19N5O2S. The number of H-pyrrole nitrogens is 1. The van der Waals surface area contributed by atoms with Crippen molar-refractivity contribution < 1.29 is 9.53 Å². The van der Waals surface area contributed by atoms with Gasteiger partial charge in [-0.1, -0.05) is 6.07 Å². The Morgan fingerprint density at radius 3 is 3.12 bits per heavy atom. The highest BCUT2D eigenvalue weighted by atomic mass is 32.1. The molecule has 2 aromatic heterocycles. The maximum absolute atomic E-state index is 13.0. The molecule has 0 spiro atoms. The number of fused-ring (bicyclic) bond motifs is 1. The Bertz CT molecular complexity index is 906. The van der Waals surface area contributed by atoms with Crippen molar-refractivity contribution in [2.24, 2.45) is 0 Å². The molecule has 7 nitrogen and oxygen atoms in total. The van der Waals surface area contributed by atoms with E-state index in [1.807, 2.05) is 23.6 Å². The third kappa shape index (κ3) is 3.03. The molecule has 2 N–H and O–H groups in total. The number of aromatic nitrogens is 3. The van der Waals surface area contributed by atoms with Crippen LogP contribution in [-0.4, -0.2) is 34.9 Å². The van der Waals surface area contributed by atoms with Crippen LogP contribution in [0, 0.1) is 0 Å². The molecule has 0 radical (unpaired) electrons. The molecule has 0 fully saturated rings. The summed E-state index contributed by atoms with van der Waals surface area (Å²) in [6.45, 7) is 0.663. The first-order valence-corrected chi connectivity index (χ1v) is 9.33. The SMILES string of the molecule is COc1cccc2c1CCCCN2C(=O)Nc1cn[nH]c1-c1nccs1. The number of anilines is 2. The number of methoxy groups -OCH3 is 1. The minimum absolute atomic E-state index is 0.180. The number of nitrogens with one attached hydrogen (secondary N) is 2. The summed E-state index contributed by atoms with van der Waals surface area (Å²) in [6.07, 6.45) is 6.20. The molecule has 26 heavy (non-hydrogen) atoms. The number of benzene rings is 1. The number of ether oxygens (including phenoxy) is 1. The highest BCUT2D eigenvalue weighted by molar-refractivity contribution is 7.13. The van der Waals surface area contributed by atoms with Crippen molar-refractivity contribution in [1.29, 1.82) is 0 Å². The van der Waals surface area contributed by atoms with E-state index in [1.54, 1.807) is 24.4 Å². The highest BCUT2D eigenvalue weighted by Gasteiger charge is 2.24. The maximum Gasteiger partial charge on any atom is 0.326 e. The predicted molar refractivity (Wildman–Crippen MR) is 102 cm³/mol. The van der Waals surface area contributed by atoms with E-state index in [2.05, 4.69) is 20.5 Å². The van der Waals surface area contributed by atoms with Gasteiger partial charge in [-0.05, 0) is 31.4 Å². The number of amides is 2. The van der Waals surface area contributed by atoms with Gasteiger partial charge < -0.3 is 10.1 Å². The summed E-state index contributed by atoms with van der Waals surface area (Å²) in [5, 5.41) is 12.6. The van der Waals surface area contributed by atoms with Crippen LogP contribution in [0.3, 0.4) is 0 Å². The molecular weight excluding hydrogens is 350 g/mol. The van der Waals surface area contributed by atoms with E-state index >= 15 is 0 Å². The molecule has 3 heterocycles. The normalized spacial score (nSPS) is 13.8. The molecule has 0 bridgehead atoms. The van der Waals surface area contributed by atoms with E-state index in [1.165, 1.54) is 11.3 Å². The summed E-state index contributed by atoms with van der Waals surface area (Å²) >= 11 is 1.49. The minimum atomic E-state index is -0.180. The van der Waals surface area contributed by atoms with Crippen molar-refractivity contribution in [2.75, 3.05) is 23.9 Å². The molecule has 1 aromatic carbocycles. The van der Waals surface area contributed by atoms with Crippen LogP contribution in [0.4, 0.5) is 16.2 Å². The van der Waals surface area contributed by atoms with Crippen molar-refractivity contribution in [1.82, 2.24) is 15.2 Å². The van der Waals surface area contributed by atoms with Crippen LogP contribution in [-0.2, 0) is 6.42 Å². The van der Waals surface area contributed by atoms with Crippen LogP contribution >= 0.6 is 11.3 Å². The van der Waals surface area contributed by atoms with E-state index in [-0.39, 0.29) is 6.03 Å². The average Bonchev–Trinajstić information content (AvgIpc) is 3.28. The highest BCUT2D eigenvalue weighted by Crippen LogP contribution is 2.34. The Hall–Kier alpha value is -2.87. The van der Waals surface area contributed by atoms with E-state index in [0.717, 1.165) is 41.3 Å². The molecule has 0 unspecified atom stereocenters. The Balaban J connectivity index is 1.63. The lowest BCUT2D eigenvalue weighted by molar-refractivity contribution is 0.257. The first-order chi connectivity index (χ1) is 12.8. The monoisotopic (exact) mass is 369 g/mol. The smallest absolute Gasteiger partial charge is 0.326 e. The number of hydrogen-bond donors (Lipinski definition) is 2. The van der Waals surface area contributed by atoms with Crippen LogP contribution in [0.5, 0.6) is 5.75 Å². The zero-order chi connectivity index (χ0) is 17.9. The fraction of sp³-hybridized carbons (Fsp3) is 0.278. The van der Waals surface area contributed by atoms with Gasteiger partial charge in [0.1, 0.15) is 16.5 Å². The molecule has 2 amide bonds. The minimum Gasteiger partial charge on any atom is -0.496 e. The molecule has 8 heteroatoms. The molecule has 3 aromatic rings. The summed E-state index contributed by atoms with van der Waals surface area (Å²) < 4.78 is 5.49. The summed E-state index contributed by atoms with van der Waals surface area (Å²) in [7, 11) is 1.66. The molecule has 134 valence electrons. The van der Waals surface area contributed by atoms with Crippen molar-refractivity contribution >= 4 is 28.7 Å². The fourth-order valence-corrected chi connectivity index (χ4v) is 3.87. The Kier molecular flexibility index (Phi) is 4.57. The first-order valence-electron chi connectivity index (χ1n) is 8.45. The zero-order valence-electron chi connectivity index (χ0n) is 14.4. The molecule has 0 saturated carbocycles. The van der Waals surface area contributed by atoms with Crippen LogP contribution in [0.2, 0.25) is 0 Å². The summed E-state index contributed by atoms with van der Waals surface area (Å²) in [5.74, 6) is 0.828. The lowest BCUT2D eigenvalue weighted by Gasteiger charge is -2.24. The predicted octanol–water partition coefficient (Wildman–Crippen LogP) is 3.92. The number of aromatic amines is 1. The third-order valence-corrected chi connectivity index (χ3v) is 5.24. The quantitative estimate of drug-likeness (QED) is 0.733. The van der Waals surface area contributed by atoms with Crippen molar-refractivity contribution in [2.45, 2.75) is 19.3 Å². The van der Waals surface area contributed by atoms with Gasteiger partial charge in [0.25, 0.3) is 0 Å². The number of urea groups is 1. The van der Waals surface area contributed by atoms with Gasteiger partial charge in [0.05, 0.1) is 24.7 Å². The van der Waals surface area contributed by atoms with Crippen molar-refractivity contribution in [3.05, 3.63) is 41.5 Å². The largest absolute Gasteiger partial charge is 0.496 e. The Morgan fingerprint density at radius 1 is 1.38 bits per heavy atom. The first kappa shape index (κ1) is 16.6. The second-order valence-corrected chi connectivity index (χ2v) is 6.89. The number of nitrogens with zero attached hydrogens (tertiary/aromatic N) is 3. The second kappa shape index (κ2) is 7.17. The van der Waals surface area contributed by atoms with Crippen molar-refractivity contribution in [3.8, 4) is 16.5 Å². The average molecular weight is 369 g/mol. The van der Waals surface area contributed by atoms with Gasteiger partial charge in [-0.3, -0.25) is 10.00 Å². The van der Waals surface area contributed by atoms with Gasteiger partial charge in [-0.25, -0.2) is 9.78 Å². The molecule has 1 aliphatic rings. The molecule has 0 saturated heterocycles. The molecule has 1 aliphatic heterocycles. The number of hydrogen-bond acceptors (Lipinski definition) is 5. The number of carbonyl (C=O) groups is 1. The van der Waals surface area contributed by atoms with E-state index < -0.39 is 0 Å². The molecule has 0 aliphatic carbocycles. The van der Waals surface area contributed by atoms with Gasteiger partial charge in [-0.15, -0.1) is 11.3 Å². The summed E-state index contributed by atoms with van der Waals surface area (Å²) in [5.41, 5.74) is 3.32. The van der Waals surface area contributed by atoms with Crippen LogP contribution < -0.4 is 15.0 Å². The fourth-order valence-electron chi connectivity index (χ4n) is 3.23. The van der Waals surface area contributed by atoms with Gasteiger partial charge in [-0.2, -0.15) is 5.10 Å². The van der Waals surface area contributed by atoms with Gasteiger partial charge in [0, 0.05) is 23.7 Å². The second-order valence-electron chi connectivity index (χ2n) is 5.99. The zero-order valence-corrected chi connectivity index (χ0v) is 15.2. The maximum atomic E-state index is 13.0.